The number of amides is 2. The molecular formula is C22H20FN5O3. The summed E-state index contributed by atoms with van der Waals surface area (Å²) < 4.78 is 14.8. The highest BCUT2D eigenvalue weighted by atomic mass is 19.1. The zero-order valence-corrected chi connectivity index (χ0v) is 17.1. The van der Waals surface area contributed by atoms with Crippen LogP contribution in [-0.4, -0.2) is 37.8 Å². The van der Waals surface area contributed by atoms with E-state index < -0.39 is 17.3 Å². The molecule has 2 aromatic heterocycles. The number of aromatic nitrogens is 3. The maximum atomic E-state index is 13.5. The number of carbonyl (C=O) groups excluding carboxylic acids is 2. The second-order valence-corrected chi connectivity index (χ2v) is 7.38. The van der Waals surface area contributed by atoms with Gasteiger partial charge in [-0.15, -0.1) is 0 Å². The lowest BCUT2D eigenvalue weighted by atomic mass is 9.95. The highest BCUT2D eigenvalue weighted by molar-refractivity contribution is 6.05. The summed E-state index contributed by atoms with van der Waals surface area (Å²) in [6, 6.07) is 5.47. The molecule has 0 aliphatic carbocycles. The minimum Gasteiger partial charge on any atom is -0.334 e. The van der Waals surface area contributed by atoms with E-state index in [1.807, 2.05) is 0 Å². The van der Waals surface area contributed by atoms with E-state index in [4.69, 9.17) is 0 Å². The number of fused-ring (bicyclic) bond motifs is 1. The SMILES string of the molecule is Cc1ncc(C(=O)N2CCc3c(cn(C)c(=O)c3C(=O)Nc3cccc(F)c3)C2)cn1. The van der Waals surface area contributed by atoms with Crippen molar-refractivity contribution >= 4 is 17.5 Å². The van der Waals surface area contributed by atoms with Gasteiger partial charge in [-0.25, -0.2) is 14.4 Å². The molecule has 8 nitrogen and oxygen atoms in total. The number of rotatable bonds is 3. The molecule has 0 fully saturated rings. The van der Waals surface area contributed by atoms with Crippen molar-refractivity contribution in [3.63, 3.8) is 0 Å². The van der Waals surface area contributed by atoms with Gasteiger partial charge in [0.05, 0.1) is 5.56 Å². The van der Waals surface area contributed by atoms with Gasteiger partial charge in [0.1, 0.15) is 17.2 Å². The van der Waals surface area contributed by atoms with Gasteiger partial charge in [0.15, 0.2) is 0 Å². The smallest absolute Gasteiger partial charge is 0.263 e. The number of anilines is 1. The van der Waals surface area contributed by atoms with Gasteiger partial charge in [-0.05, 0) is 42.7 Å². The summed E-state index contributed by atoms with van der Waals surface area (Å²) in [7, 11) is 1.55. The minimum absolute atomic E-state index is 0.00929. The first-order valence-electron chi connectivity index (χ1n) is 9.69. The van der Waals surface area contributed by atoms with Crippen LogP contribution in [0.1, 0.15) is 37.7 Å². The third-order valence-corrected chi connectivity index (χ3v) is 5.19. The summed E-state index contributed by atoms with van der Waals surface area (Å²) in [5.74, 6) is -0.737. The average molecular weight is 421 g/mol. The van der Waals surface area contributed by atoms with Crippen LogP contribution in [0.5, 0.6) is 0 Å². The molecule has 0 saturated heterocycles. The van der Waals surface area contributed by atoms with Crippen molar-refractivity contribution in [3.05, 3.63) is 87.1 Å². The lowest BCUT2D eigenvalue weighted by Crippen LogP contribution is -2.40. The fourth-order valence-electron chi connectivity index (χ4n) is 3.64. The third-order valence-electron chi connectivity index (χ3n) is 5.19. The Labute approximate surface area is 177 Å². The molecule has 2 amide bonds. The molecule has 3 aromatic rings. The molecule has 0 spiro atoms. The molecule has 3 heterocycles. The van der Waals surface area contributed by atoms with Crippen LogP contribution in [0, 0.1) is 12.7 Å². The second-order valence-electron chi connectivity index (χ2n) is 7.38. The number of benzene rings is 1. The van der Waals surface area contributed by atoms with Gasteiger partial charge in [0, 0.05) is 44.4 Å². The summed E-state index contributed by atoms with van der Waals surface area (Å²) >= 11 is 0. The lowest BCUT2D eigenvalue weighted by Gasteiger charge is -2.30. The third kappa shape index (κ3) is 4.07. The molecule has 1 aromatic carbocycles. The summed E-state index contributed by atoms with van der Waals surface area (Å²) in [6.07, 6.45) is 4.95. The van der Waals surface area contributed by atoms with Crippen LogP contribution < -0.4 is 10.9 Å². The van der Waals surface area contributed by atoms with E-state index >= 15 is 0 Å². The fraction of sp³-hybridized carbons (Fsp3) is 0.227. The summed E-state index contributed by atoms with van der Waals surface area (Å²) in [5, 5.41) is 2.59. The van der Waals surface area contributed by atoms with Gasteiger partial charge in [-0.1, -0.05) is 6.07 Å². The summed E-state index contributed by atoms with van der Waals surface area (Å²) in [5.41, 5.74) is 1.51. The Hall–Kier alpha value is -3.88. The predicted octanol–water partition coefficient (Wildman–Crippen LogP) is 2.07. The topological polar surface area (TPSA) is 97.2 Å². The van der Waals surface area contributed by atoms with Crippen LogP contribution in [0.15, 0.2) is 47.7 Å². The lowest BCUT2D eigenvalue weighted by molar-refractivity contribution is 0.0733. The van der Waals surface area contributed by atoms with Crippen LogP contribution in [0.4, 0.5) is 10.1 Å². The molecule has 1 aliphatic rings. The van der Waals surface area contributed by atoms with Crippen LogP contribution in [0.3, 0.4) is 0 Å². The average Bonchev–Trinajstić information content (AvgIpc) is 2.74. The van der Waals surface area contributed by atoms with E-state index in [-0.39, 0.29) is 23.7 Å². The molecule has 0 unspecified atom stereocenters. The van der Waals surface area contributed by atoms with E-state index in [0.717, 1.165) is 0 Å². The molecule has 0 radical (unpaired) electrons. The van der Waals surface area contributed by atoms with Gasteiger partial charge in [0.2, 0.25) is 0 Å². The molecule has 4 rings (SSSR count). The molecule has 0 atom stereocenters. The molecule has 31 heavy (non-hydrogen) atoms. The maximum Gasteiger partial charge on any atom is 0.263 e. The molecule has 0 bridgehead atoms. The standard InChI is InChI=1S/C22H20FN5O3/c1-13-24-9-14(10-25-13)21(30)28-7-6-18-15(12-28)11-27(2)22(31)19(18)20(29)26-17-5-3-4-16(23)8-17/h3-5,8-11H,6-7,12H2,1-2H3,(H,26,29). The van der Waals surface area contributed by atoms with E-state index in [9.17, 15) is 18.8 Å². The van der Waals surface area contributed by atoms with Crippen LogP contribution in [-0.2, 0) is 20.0 Å². The molecule has 1 aliphatic heterocycles. The monoisotopic (exact) mass is 421 g/mol. The Bertz CT molecular complexity index is 1240. The van der Waals surface area contributed by atoms with Crippen molar-refractivity contribution in [3.8, 4) is 0 Å². The first kappa shape index (κ1) is 20.4. The zero-order valence-electron chi connectivity index (χ0n) is 17.1. The Kier molecular flexibility index (Phi) is 5.33. The van der Waals surface area contributed by atoms with Crippen molar-refractivity contribution in [2.75, 3.05) is 11.9 Å². The Morgan fingerprint density at radius 2 is 1.94 bits per heavy atom. The molecule has 0 saturated carbocycles. The van der Waals surface area contributed by atoms with E-state index in [1.165, 1.54) is 35.2 Å². The highest BCUT2D eigenvalue weighted by Crippen LogP contribution is 2.23. The van der Waals surface area contributed by atoms with Gasteiger partial charge in [0.25, 0.3) is 17.4 Å². The van der Waals surface area contributed by atoms with E-state index in [2.05, 4.69) is 15.3 Å². The number of halogens is 1. The highest BCUT2D eigenvalue weighted by Gasteiger charge is 2.28. The molecular weight excluding hydrogens is 401 g/mol. The number of aryl methyl sites for hydroxylation is 2. The van der Waals surface area contributed by atoms with Crippen molar-refractivity contribution in [2.45, 2.75) is 19.9 Å². The Morgan fingerprint density at radius 1 is 1.19 bits per heavy atom. The van der Waals surface area contributed by atoms with Crippen molar-refractivity contribution < 1.29 is 14.0 Å². The fourth-order valence-corrected chi connectivity index (χ4v) is 3.64. The summed E-state index contributed by atoms with van der Waals surface area (Å²) in [4.78, 5) is 48.2. The quantitative estimate of drug-likeness (QED) is 0.698. The number of hydrogen-bond acceptors (Lipinski definition) is 5. The van der Waals surface area contributed by atoms with Crippen LogP contribution in [0.25, 0.3) is 0 Å². The van der Waals surface area contributed by atoms with E-state index in [1.54, 1.807) is 31.1 Å². The molecule has 9 heteroatoms. The molecule has 158 valence electrons. The Balaban J connectivity index is 1.64. The normalized spacial score (nSPS) is 12.9. The van der Waals surface area contributed by atoms with Gasteiger partial charge in [-0.3, -0.25) is 14.4 Å². The van der Waals surface area contributed by atoms with Gasteiger partial charge < -0.3 is 14.8 Å². The van der Waals surface area contributed by atoms with Gasteiger partial charge >= 0.3 is 0 Å². The number of hydrogen-bond donors (Lipinski definition) is 1. The number of nitrogens with zero attached hydrogens (tertiary/aromatic N) is 4. The van der Waals surface area contributed by atoms with Crippen LogP contribution >= 0.6 is 0 Å². The first-order chi connectivity index (χ1) is 14.8. The van der Waals surface area contributed by atoms with Crippen molar-refractivity contribution in [1.29, 1.82) is 0 Å². The first-order valence-corrected chi connectivity index (χ1v) is 9.69. The zero-order chi connectivity index (χ0) is 22.1. The Morgan fingerprint density at radius 3 is 2.65 bits per heavy atom. The second kappa shape index (κ2) is 8.10. The van der Waals surface area contributed by atoms with Gasteiger partial charge in [-0.2, -0.15) is 0 Å². The predicted molar refractivity (Wildman–Crippen MR) is 111 cm³/mol. The summed E-state index contributed by atoms with van der Waals surface area (Å²) in [6.45, 7) is 2.33. The minimum atomic E-state index is -0.602. The largest absolute Gasteiger partial charge is 0.334 e. The molecule has 1 N–H and O–H groups in total. The number of nitrogens with one attached hydrogen (secondary N) is 1. The van der Waals surface area contributed by atoms with Crippen molar-refractivity contribution in [1.82, 2.24) is 19.4 Å². The van der Waals surface area contributed by atoms with Crippen LogP contribution in [0.2, 0.25) is 0 Å². The van der Waals surface area contributed by atoms with Crippen molar-refractivity contribution in [2.24, 2.45) is 7.05 Å². The number of carbonyl (C=O) groups is 2. The van der Waals surface area contributed by atoms with E-state index in [0.29, 0.717) is 35.5 Å². The maximum absolute atomic E-state index is 13.5. The number of pyridine rings is 1.